The molecular weight excluding hydrogens is 177 g/mol. The molecule has 0 heterocycles. The molecule has 1 radical (unpaired) electrons. The molecule has 1 aliphatic rings. The van der Waals surface area contributed by atoms with Crippen molar-refractivity contribution in [1.29, 1.82) is 0 Å². The third-order valence-corrected chi connectivity index (χ3v) is 1.02. The van der Waals surface area contributed by atoms with Crippen LogP contribution in [-0.2, 0) is 0 Å². The molecular formula is C5H12K3. The Labute approximate surface area is 180 Å². The zero-order valence-corrected chi connectivity index (χ0v) is 3.78. The Morgan fingerprint density at radius 2 is 1.25 bits per heavy atom. The average molecular weight is 189 g/mol. The van der Waals surface area contributed by atoms with E-state index in [-0.39, 0.29) is 154 Å². The molecule has 35 valence electrons. The molecule has 0 aliphatic heterocycles. The molecule has 1 aliphatic carbocycles. The molecule has 0 amide bonds. The molecule has 0 bridgehead atoms. The first kappa shape index (κ1) is 18.6. The van der Waals surface area contributed by atoms with Gasteiger partial charge in [-0.15, -0.1) is 0 Å². The number of hydrogen-bond donors (Lipinski definition) is 0. The van der Waals surface area contributed by atoms with Crippen LogP contribution < -0.4 is 0 Å². The first-order valence-electron chi connectivity index (χ1n) is 2.05. The van der Waals surface area contributed by atoms with Crippen LogP contribution in [0.2, 0.25) is 0 Å². The van der Waals surface area contributed by atoms with Crippen molar-refractivity contribution in [2.45, 2.75) is 20.3 Å². The van der Waals surface area contributed by atoms with E-state index in [1.807, 2.05) is 0 Å². The Morgan fingerprint density at radius 1 is 1.12 bits per heavy atom. The molecule has 0 nitrogen and oxygen atoms in total. The van der Waals surface area contributed by atoms with Gasteiger partial charge in [-0.1, -0.05) is 13.8 Å². The van der Waals surface area contributed by atoms with Crippen molar-refractivity contribution in [3.05, 3.63) is 6.42 Å². The van der Waals surface area contributed by atoms with Gasteiger partial charge in [0.2, 0.25) is 0 Å². The SMILES string of the molecule is CC1(C)[CH]C1.[KH].[KH].[KH]. The fourth-order valence-corrected chi connectivity index (χ4v) is 0.204. The summed E-state index contributed by atoms with van der Waals surface area (Å²) >= 11 is 0. The molecule has 8 heavy (non-hydrogen) atoms. The summed E-state index contributed by atoms with van der Waals surface area (Å²) in [6.45, 7) is 4.49. The predicted molar refractivity (Wildman–Crippen MR) is 44.1 cm³/mol. The van der Waals surface area contributed by atoms with Gasteiger partial charge in [0.15, 0.2) is 0 Å². The van der Waals surface area contributed by atoms with E-state index in [1.54, 1.807) is 0 Å². The van der Waals surface area contributed by atoms with Crippen molar-refractivity contribution in [1.82, 2.24) is 0 Å². The monoisotopic (exact) mass is 189 g/mol. The van der Waals surface area contributed by atoms with Crippen molar-refractivity contribution in [2.75, 3.05) is 0 Å². The number of hydrogen-bond acceptors (Lipinski definition) is 0. The fourth-order valence-electron chi connectivity index (χ4n) is 0.204. The molecule has 0 unspecified atom stereocenters. The summed E-state index contributed by atoms with van der Waals surface area (Å²) in [5, 5.41) is 0. The Morgan fingerprint density at radius 3 is 1.25 bits per heavy atom. The molecule has 0 aromatic rings. The van der Waals surface area contributed by atoms with Gasteiger partial charge in [-0.05, 0) is 18.3 Å². The van der Waals surface area contributed by atoms with Crippen LogP contribution in [0.15, 0.2) is 0 Å². The maximum absolute atomic E-state index is 2.31. The van der Waals surface area contributed by atoms with Crippen molar-refractivity contribution < 1.29 is 0 Å². The van der Waals surface area contributed by atoms with E-state index >= 15 is 0 Å². The summed E-state index contributed by atoms with van der Waals surface area (Å²) in [5.74, 6) is 0. The van der Waals surface area contributed by atoms with Gasteiger partial charge in [-0.3, -0.25) is 0 Å². The van der Waals surface area contributed by atoms with Crippen LogP contribution in [0.5, 0.6) is 0 Å². The molecule has 1 rings (SSSR count). The van der Waals surface area contributed by atoms with E-state index in [1.165, 1.54) is 6.42 Å². The minimum atomic E-state index is 0. The molecule has 1 saturated carbocycles. The first-order valence-corrected chi connectivity index (χ1v) is 2.05. The van der Waals surface area contributed by atoms with Gasteiger partial charge in [-0.2, -0.15) is 0 Å². The van der Waals surface area contributed by atoms with Crippen LogP contribution in [0.4, 0.5) is 0 Å². The second-order valence-electron chi connectivity index (χ2n) is 2.40. The zero-order chi connectivity index (χ0) is 3.91. The quantitative estimate of drug-likeness (QED) is 0.458. The van der Waals surface area contributed by atoms with Crippen molar-refractivity contribution in [2.24, 2.45) is 5.41 Å². The minimum absolute atomic E-state index is 0. The fraction of sp³-hybridized carbons (Fsp3) is 0.800. The summed E-state index contributed by atoms with van der Waals surface area (Å²) in [4.78, 5) is 0. The van der Waals surface area contributed by atoms with Crippen LogP contribution in [-0.4, -0.2) is 154 Å². The molecule has 3 heteroatoms. The maximum atomic E-state index is 2.31. The zero-order valence-electron chi connectivity index (χ0n) is 3.78. The van der Waals surface area contributed by atoms with Gasteiger partial charge < -0.3 is 0 Å². The van der Waals surface area contributed by atoms with Gasteiger partial charge in [0, 0.05) is 0 Å². The average Bonchev–Trinajstić information content (AvgIpc) is 1.76. The molecule has 0 N–H and O–H groups in total. The van der Waals surface area contributed by atoms with Gasteiger partial charge in [-0.25, -0.2) is 0 Å². The molecule has 0 saturated heterocycles. The summed E-state index contributed by atoms with van der Waals surface area (Å²) < 4.78 is 0. The van der Waals surface area contributed by atoms with Crippen LogP contribution in [0.1, 0.15) is 20.3 Å². The van der Waals surface area contributed by atoms with E-state index in [4.69, 9.17) is 0 Å². The van der Waals surface area contributed by atoms with Crippen LogP contribution in [0.3, 0.4) is 0 Å². The van der Waals surface area contributed by atoms with Crippen LogP contribution in [0, 0.1) is 11.8 Å². The Balaban J connectivity index is -0.0000000833. The second kappa shape index (κ2) is 8.50. The van der Waals surface area contributed by atoms with Gasteiger partial charge in [0.1, 0.15) is 0 Å². The van der Waals surface area contributed by atoms with E-state index in [0.29, 0.717) is 5.41 Å². The summed E-state index contributed by atoms with van der Waals surface area (Å²) in [6, 6.07) is 0. The van der Waals surface area contributed by atoms with E-state index in [0.717, 1.165) is 0 Å². The third kappa shape index (κ3) is 10.9. The van der Waals surface area contributed by atoms with Gasteiger partial charge in [0.05, 0.1) is 0 Å². The third-order valence-electron chi connectivity index (χ3n) is 1.02. The first-order chi connectivity index (χ1) is 2.21. The topological polar surface area (TPSA) is 0 Å². The predicted octanol–water partition coefficient (Wildman–Crippen LogP) is -0.325. The van der Waals surface area contributed by atoms with E-state index in [9.17, 15) is 0 Å². The second-order valence-corrected chi connectivity index (χ2v) is 2.40. The van der Waals surface area contributed by atoms with Crippen LogP contribution in [0.25, 0.3) is 0 Å². The summed E-state index contributed by atoms with van der Waals surface area (Å²) in [6.07, 6.45) is 3.64. The molecule has 0 atom stereocenters. The number of rotatable bonds is 0. The Hall–Kier alpha value is 4.91. The van der Waals surface area contributed by atoms with E-state index in [2.05, 4.69) is 20.3 Å². The van der Waals surface area contributed by atoms with E-state index < -0.39 is 0 Å². The van der Waals surface area contributed by atoms with Crippen molar-refractivity contribution in [3.8, 4) is 0 Å². The molecule has 0 aromatic heterocycles. The molecule has 0 spiro atoms. The summed E-state index contributed by atoms with van der Waals surface area (Å²) in [7, 11) is 0. The molecule has 0 aromatic carbocycles. The Kier molecular flexibility index (Phi) is 19.8. The standard InChI is InChI=1S/C5H9.3K.3H/c1-5(2)3-4-5;;;;;;/h3H,4H2,1-2H3;;;;;;. The van der Waals surface area contributed by atoms with Gasteiger partial charge >= 0.3 is 154 Å². The molecule has 1 fully saturated rings. The Bertz CT molecular complexity index is 45.6. The van der Waals surface area contributed by atoms with Gasteiger partial charge in [0.25, 0.3) is 0 Å². The van der Waals surface area contributed by atoms with Crippen molar-refractivity contribution >= 4 is 154 Å². The normalized spacial score (nSPS) is 18.8. The summed E-state index contributed by atoms with van der Waals surface area (Å²) in [5.41, 5.74) is 0.625. The van der Waals surface area contributed by atoms with Crippen molar-refractivity contribution in [3.63, 3.8) is 0 Å². The van der Waals surface area contributed by atoms with Crippen LogP contribution >= 0.6 is 0 Å².